The summed E-state index contributed by atoms with van der Waals surface area (Å²) in [5.41, 5.74) is 5.63. The number of hydrogen-bond donors (Lipinski definition) is 0. The van der Waals surface area contributed by atoms with Gasteiger partial charge in [-0.05, 0) is 49.7 Å². The highest BCUT2D eigenvalue weighted by atomic mass is 35.5. The largest absolute Gasteiger partial charge is 0.485 e. The molecule has 2 aromatic heterocycles. The second-order valence-electron chi connectivity index (χ2n) is 10.9. The minimum Gasteiger partial charge on any atom is -0.485 e. The number of pyridine rings is 1. The van der Waals surface area contributed by atoms with Gasteiger partial charge in [-0.1, -0.05) is 6.07 Å². The minimum atomic E-state index is -0.269. The van der Waals surface area contributed by atoms with E-state index in [-0.39, 0.29) is 43.1 Å². The van der Waals surface area contributed by atoms with E-state index in [0.29, 0.717) is 55.4 Å². The molecule has 9 nitrogen and oxygen atoms in total. The summed E-state index contributed by atoms with van der Waals surface area (Å²) in [6.07, 6.45) is 2.19. The normalized spacial score (nSPS) is 16.5. The first-order chi connectivity index (χ1) is 20.1. The third kappa shape index (κ3) is 5.89. The van der Waals surface area contributed by atoms with E-state index in [1.54, 1.807) is 17.3 Å². The predicted molar refractivity (Wildman–Crippen MR) is 168 cm³/mol. The van der Waals surface area contributed by atoms with E-state index in [2.05, 4.69) is 50.1 Å². The number of nitrogens with zero attached hydrogens (tertiary/aromatic N) is 6. The summed E-state index contributed by atoms with van der Waals surface area (Å²) in [5.74, 6) is 0.150. The number of halogens is 3. The number of imidazole rings is 1. The van der Waals surface area contributed by atoms with Gasteiger partial charge in [0.05, 0.1) is 30.1 Å². The maximum atomic E-state index is 15.1. The second kappa shape index (κ2) is 13.1. The number of carbonyl (C=O) groups excluding carboxylic acids is 1. The van der Waals surface area contributed by atoms with Gasteiger partial charge in [0.25, 0.3) is 5.91 Å². The Bertz CT molecular complexity index is 1620. The Morgan fingerprint density at radius 1 is 0.953 bits per heavy atom. The number of carbonyl (C=O) groups is 1. The SMILES string of the molecule is Cc1ccc2c(N3CCN(CCc4c(F)ccc5c4OCc4c(C(=O)N6CCOCC6)ncn4-5)CC3)cccc2n1.Cl.Cl. The Morgan fingerprint density at radius 3 is 2.53 bits per heavy atom. The average molecular weight is 630 g/mol. The zero-order chi connectivity index (χ0) is 27.9. The molecule has 5 heterocycles. The Kier molecular flexibility index (Phi) is 9.41. The van der Waals surface area contributed by atoms with Gasteiger partial charge in [0, 0.05) is 68.1 Å². The lowest BCUT2D eigenvalue weighted by molar-refractivity contribution is 0.0297. The molecule has 2 fully saturated rings. The number of anilines is 1. The van der Waals surface area contributed by atoms with Crippen LogP contribution in [0.5, 0.6) is 5.75 Å². The Hall–Kier alpha value is -3.44. The van der Waals surface area contributed by atoms with Crippen molar-refractivity contribution in [2.24, 2.45) is 0 Å². The fraction of sp³-hybridized carbons (Fsp3) is 0.387. The summed E-state index contributed by atoms with van der Waals surface area (Å²) in [6, 6.07) is 13.7. The second-order valence-corrected chi connectivity index (χ2v) is 10.9. The van der Waals surface area contributed by atoms with Crippen LogP contribution < -0.4 is 9.64 Å². The van der Waals surface area contributed by atoms with E-state index >= 15 is 4.39 Å². The van der Waals surface area contributed by atoms with Crippen LogP contribution in [0.3, 0.4) is 0 Å². The van der Waals surface area contributed by atoms with Gasteiger partial charge in [0.2, 0.25) is 0 Å². The molecule has 7 rings (SSSR count). The van der Waals surface area contributed by atoms with E-state index in [4.69, 9.17) is 9.47 Å². The van der Waals surface area contributed by atoms with Crippen LogP contribution in [0.4, 0.5) is 10.1 Å². The Labute approximate surface area is 262 Å². The molecule has 2 aromatic carbocycles. The summed E-state index contributed by atoms with van der Waals surface area (Å²) in [6.45, 7) is 8.66. The van der Waals surface area contributed by atoms with Crippen LogP contribution in [0.2, 0.25) is 0 Å². The number of rotatable bonds is 5. The molecule has 0 unspecified atom stereocenters. The smallest absolute Gasteiger partial charge is 0.274 e. The number of aromatic nitrogens is 3. The lowest BCUT2D eigenvalue weighted by atomic mass is 10.1. The van der Waals surface area contributed by atoms with Crippen LogP contribution in [-0.4, -0.2) is 89.3 Å². The maximum absolute atomic E-state index is 15.1. The highest BCUT2D eigenvalue weighted by Gasteiger charge is 2.30. The molecule has 0 saturated carbocycles. The molecule has 1 amide bonds. The average Bonchev–Trinajstić information content (AvgIpc) is 3.45. The highest BCUT2D eigenvalue weighted by Crippen LogP contribution is 2.36. The zero-order valence-corrected chi connectivity index (χ0v) is 25.6. The first-order valence-electron chi connectivity index (χ1n) is 14.3. The van der Waals surface area contributed by atoms with Crippen LogP contribution in [0.1, 0.15) is 27.4 Å². The van der Waals surface area contributed by atoms with Crippen molar-refractivity contribution in [3.05, 3.63) is 77.3 Å². The van der Waals surface area contributed by atoms with Crippen molar-refractivity contribution < 1.29 is 18.7 Å². The van der Waals surface area contributed by atoms with Gasteiger partial charge in [-0.15, -0.1) is 24.8 Å². The number of benzene rings is 2. The van der Waals surface area contributed by atoms with Gasteiger partial charge in [-0.3, -0.25) is 19.2 Å². The quantitative estimate of drug-likeness (QED) is 0.323. The fourth-order valence-corrected chi connectivity index (χ4v) is 6.13. The van der Waals surface area contributed by atoms with Gasteiger partial charge < -0.3 is 19.3 Å². The molecular weight excluding hydrogens is 594 g/mol. The third-order valence-electron chi connectivity index (χ3n) is 8.40. The van der Waals surface area contributed by atoms with E-state index < -0.39 is 0 Å². The predicted octanol–water partition coefficient (Wildman–Crippen LogP) is 4.44. The number of morpholine rings is 1. The Balaban J connectivity index is 0.00000184. The molecule has 12 heteroatoms. The van der Waals surface area contributed by atoms with Crippen LogP contribution in [0.15, 0.2) is 48.8 Å². The summed E-state index contributed by atoms with van der Waals surface area (Å²) >= 11 is 0. The third-order valence-corrected chi connectivity index (χ3v) is 8.40. The van der Waals surface area contributed by atoms with Crippen LogP contribution >= 0.6 is 24.8 Å². The van der Waals surface area contributed by atoms with E-state index in [9.17, 15) is 4.79 Å². The first kappa shape index (κ1) is 31.0. The number of hydrogen-bond acceptors (Lipinski definition) is 7. The summed E-state index contributed by atoms with van der Waals surface area (Å²) < 4.78 is 28.5. The first-order valence-corrected chi connectivity index (χ1v) is 14.3. The highest BCUT2D eigenvalue weighted by molar-refractivity contribution is 5.94. The standard InChI is InChI=1S/C31H33FN6O3.2ClH/c1-21-5-6-23-25(34-21)3-2-4-26(23)36-13-11-35(12-14-36)10-9-22-24(32)7-8-27-30(22)41-19-28-29(33-20-38(27)28)31(39)37-15-17-40-18-16-37;;/h2-8,20H,9-19H2,1H3;2*1H. The summed E-state index contributed by atoms with van der Waals surface area (Å²) in [4.78, 5) is 28.8. The van der Waals surface area contributed by atoms with Crippen LogP contribution in [-0.2, 0) is 17.8 Å². The number of piperazine rings is 1. The van der Waals surface area contributed by atoms with Crippen LogP contribution in [0, 0.1) is 12.7 Å². The minimum absolute atomic E-state index is 0. The number of aryl methyl sites for hydroxylation is 1. The molecule has 228 valence electrons. The fourth-order valence-electron chi connectivity index (χ4n) is 6.13. The summed E-state index contributed by atoms with van der Waals surface area (Å²) in [5, 5.41) is 1.18. The molecule has 3 aliphatic rings. The van der Waals surface area contributed by atoms with Crippen molar-refractivity contribution in [3.8, 4) is 11.4 Å². The molecule has 0 aliphatic carbocycles. The van der Waals surface area contributed by atoms with Crippen molar-refractivity contribution >= 4 is 47.3 Å². The number of fused-ring (bicyclic) bond motifs is 4. The lowest BCUT2D eigenvalue weighted by Crippen LogP contribution is -2.47. The van der Waals surface area contributed by atoms with Crippen molar-refractivity contribution in [3.63, 3.8) is 0 Å². The molecule has 2 saturated heterocycles. The van der Waals surface area contributed by atoms with Crippen molar-refractivity contribution in [1.29, 1.82) is 0 Å². The van der Waals surface area contributed by atoms with Gasteiger partial charge in [-0.2, -0.15) is 0 Å². The lowest BCUT2D eigenvalue weighted by Gasteiger charge is -2.36. The molecule has 4 aromatic rings. The molecule has 3 aliphatic heterocycles. The van der Waals surface area contributed by atoms with Gasteiger partial charge >= 0.3 is 0 Å². The topological polar surface area (TPSA) is 76.0 Å². The molecule has 0 atom stereocenters. The maximum Gasteiger partial charge on any atom is 0.274 e. The molecule has 0 N–H and O–H groups in total. The van der Waals surface area contributed by atoms with Crippen LogP contribution in [0.25, 0.3) is 16.6 Å². The van der Waals surface area contributed by atoms with E-state index in [0.717, 1.165) is 49.6 Å². The molecular formula is C31H35Cl2FN6O3. The number of ether oxygens (including phenoxy) is 2. The van der Waals surface area contributed by atoms with E-state index in [1.165, 1.54) is 17.1 Å². The van der Waals surface area contributed by atoms with Gasteiger partial charge in [-0.25, -0.2) is 9.37 Å². The van der Waals surface area contributed by atoms with Gasteiger partial charge in [0.15, 0.2) is 5.69 Å². The van der Waals surface area contributed by atoms with E-state index in [1.807, 2.05) is 11.5 Å². The van der Waals surface area contributed by atoms with Crippen molar-refractivity contribution in [1.82, 2.24) is 24.3 Å². The number of amides is 1. The molecule has 43 heavy (non-hydrogen) atoms. The monoisotopic (exact) mass is 628 g/mol. The van der Waals surface area contributed by atoms with Crippen molar-refractivity contribution in [2.45, 2.75) is 20.0 Å². The molecule has 0 radical (unpaired) electrons. The molecule has 0 bridgehead atoms. The van der Waals surface area contributed by atoms with Gasteiger partial charge in [0.1, 0.15) is 24.5 Å². The Morgan fingerprint density at radius 2 is 1.74 bits per heavy atom. The van der Waals surface area contributed by atoms with Crippen molar-refractivity contribution in [2.75, 3.05) is 63.9 Å². The molecule has 0 spiro atoms. The zero-order valence-electron chi connectivity index (χ0n) is 24.0. The summed E-state index contributed by atoms with van der Waals surface area (Å²) in [7, 11) is 0.